The molecule has 10 heteroatoms. The van der Waals surface area contributed by atoms with E-state index in [9.17, 15) is 18.0 Å². The van der Waals surface area contributed by atoms with Crippen LogP contribution >= 0.6 is 0 Å². The van der Waals surface area contributed by atoms with Crippen LogP contribution in [0.2, 0.25) is 0 Å². The first-order valence-electron chi connectivity index (χ1n) is 11.8. The first-order chi connectivity index (χ1) is 15.7. The largest absolute Gasteiger partial charge is 0.373 e. The Labute approximate surface area is 196 Å². The normalized spacial score (nSPS) is 26.2. The topological polar surface area (TPSA) is 99.3 Å². The van der Waals surface area contributed by atoms with Crippen LogP contribution in [-0.4, -0.2) is 98.9 Å². The number of nitrogens with one attached hydrogen (secondary N) is 1. The van der Waals surface area contributed by atoms with Crippen LogP contribution in [0, 0.1) is 5.92 Å². The van der Waals surface area contributed by atoms with Gasteiger partial charge in [-0.3, -0.25) is 14.5 Å². The zero-order valence-corrected chi connectivity index (χ0v) is 20.2. The minimum Gasteiger partial charge on any atom is -0.373 e. The number of piperidine rings is 1. The van der Waals surface area contributed by atoms with Gasteiger partial charge in [-0.25, -0.2) is 8.42 Å². The van der Waals surface area contributed by atoms with Crippen molar-refractivity contribution in [1.29, 1.82) is 0 Å². The zero-order valence-electron chi connectivity index (χ0n) is 19.4. The summed E-state index contributed by atoms with van der Waals surface area (Å²) in [6.07, 6.45) is 2.45. The predicted octanol–water partition coefficient (Wildman–Crippen LogP) is 0.769. The molecular formula is C23H34N4O5S. The van der Waals surface area contributed by atoms with Crippen molar-refractivity contribution in [1.82, 2.24) is 19.4 Å². The van der Waals surface area contributed by atoms with Gasteiger partial charge in [-0.15, -0.1) is 0 Å². The third kappa shape index (κ3) is 5.74. The standard InChI is InChI=1S/C23H34N4O5S/c1-17-13-25(14-18(2)32-17)15-19-7-10-26(11-8-19)23(29)20-3-5-21(6-4-20)33(30,31)27-12-9-24-22(28)16-27/h3-6,17-19H,7-16H2,1-2H3,(H,24,28). The van der Waals surface area contributed by atoms with Crippen LogP contribution < -0.4 is 5.32 Å². The Kier molecular flexibility index (Phi) is 7.37. The Hall–Kier alpha value is -2.01. The average molecular weight is 479 g/mol. The molecular weight excluding hydrogens is 444 g/mol. The number of nitrogens with zero attached hydrogens (tertiary/aromatic N) is 3. The number of carbonyl (C=O) groups excluding carboxylic acids is 2. The van der Waals surface area contributed by atoms with Gasteiger partial charge in [0.05, 0.1) is 23.6 Å². The maximum Gasteiger partial charge on any atom is 0.253 e. The van der Waals surface area contributed by atoms with Crippen molar-refractivity contribution in [3.8, 4) is 0 Å². The molecule has 182 valence electrons. The van der Waals surface area contributed by atoms with Gasteiger partial charge in [0, 0.05) is 51.4 Å². The number of benzene rings is 1. The molecule has 0 spiro atoms. The second-order valence-corrected chi connectivity index (χ2v) is 11.4. The molecule has 2 atom stereocenters. The summed E-state index contributed by atoms with van der Waals surface area (Å²) >= 11 is 0. The highest BCUT2D eigenvalue weighted by molar-refractivity contribution is 7.89. The highest BCUT2D eigenvalue weighted by atomic mass is 32.2. The second-order valence-electron chi connectivity index (χ2n) is 9.42. The summed E-state index contributed by atoms with van der Waals surface area (Å²) in [7, 11) is -3.76. The molecule has 2 unspecified atom stereocenters. The molecule has 3 heterocycles. The summed E-state index contributed by atoms with van der Waals surface area (Å²) in [5.74, 6) is 0.196. The van der Waals surface area contributed by atoms with E-state index >= 15 is 0 Å². The van der Waals surface area contributed by atoms with Crippen LogP contribution in [-0.2, 0) is 19.6 Å². The van der Waals surface area contributed by atoms with E-state index in [1.54, 1.807) is 12.1 Å². The number of carbonyl (C=O) groups is 2. The maximum absolute atomic E-state index is 13.0. The molecule has 1 aromatic rings. The molecule has 3 saturated heterocycles. The number of morpholine rings is 1. The van der Waals surface area contributed by atoms with Crippen LogP contribution in [0.3, 0.4) is 0 Å². The Morgan fingerprint density at radius 3 is 2.30 bits per heavy atom. The van der Waals surface area contributed by atoms with Crippen molar-refractivity contribution in [2.75, 3.05) is 52.4 Å². The average Bonchev–Trinajstić information content (AvgIpc) is 2.78. The lowest BCUT2D eigenvalue weighted by molar-refractivity contribution is -0.122. The molecule has 1 N–H and O–H groups in total. The fourth-order valence-electron chi connectivity index (χ4n) is 5.04. The van der Waals surface area contributed by atoms with Crippen LogP contribution in [0.15, 0.2) is 29.2 Å². The predicted molar refractivity (Wildman–Crippen MR) is 123 cm³/mol. The quantitative estimate of drug-likeness (QED) is 0.671. The number of hydrogen-bond donors (Lipinski definition) is 1. The maximum atomic E-state index is 13.0. The van der Waals surface area contributed by atoms with Crippen molar-refractivity contribution < 1.29 is 22.7 Å². The van der Waals surface area contributed by atoms with Crippen LogP contribution in [0.4, 0.5) is 0 Å². The number of piperazine rings is 1. The molecule has 4 rings (SSSR count). The lowest BCUT2D eigenvalue weighted by Crippen LogP contribution is -2.49. The number of amides is 2. The fraction of sp³-hybridized carbons (Fsp3) is 0.652. The lowest BCUT2D eigenvalue weighted by Gasteiger charge is -2.39. The van der Waals surface area contributed by atoms with E-state index in [4.69, 9.17) is 4.74 Å². The number of rotatable bonds is 5. The Bertz CT molecular complexity index is 950. The van der Waals surface area contributed by atoms with Gasteiger partial charge in [0.2, 0.25) is 15.9 Å². The van der Waals surface area contributed by atoms with Gasteiger partial charge in [-0.2, -0.15) is 4.31 Å². The van der Waals surface area contributed by atoms with Gasteiger partial charge in [0.15, 0.2) is 0 Å². The summed E-state index contributed by atoms with van der Waals surface area (Å²) in [6.45, 7) is 8.97. The van der Waals surface area contributed by atoms with E-state index in [1.807, 2.05) is 4.90 Å². The molecule has 9 nitrogen and oxygen atoms in total. The first kappa shape index (κ1) is 24.1. The summed E-state index contributed by atoms with van der Waals surface area (Å²) in [6, 6.07) is 6.06. The molecule has 3 aliphatic rings. The van der Waals surface area contributed by atoms with Crippen LogP contribution in [0.5, 0.6) is 0 Å². The first-order valence-corrected chi connectivity index (χ1v) is 13.2. The molecule has 1 aromatic carbocycles. The molecule has 0 aliphatic carbocycles. The molecule has 2 amide bonds. The van der Waals surface area contributed by atoms with Crippen LogP contribution in [0.25, 0.3) is 0 Å². The van der Waals surface area contributed by atoms with E-state index in [1.165, 1.54) is 16.4 Å². The third-order valence-corrected chi connectivity index (χ3v) is 8.52. The number of hydrogen-bond acceptors (Lipinski definition) is 6. The van der Waals surface area contributed by atoms with Gasteiger partial charge >= 0.3 is 0 Å². The molecule has 33 heavy (non-hydrogen) atoms. The van der Waals surface area contributed by atoms with Gasteiger partial charge < -0.3 is 15.0 Å². The monoisotopic (exact) mass is 478 g/mol. The molecule has 0 bridgehead atoms. The fourth-order valence-corrected chi connectivity index (χ4v) is 6.44. The van der Waals surface area contributed by atoms with Crippen molar-refractivity contribution >= 4 is 21.8 Å². The summed E-state index contributed by atoms with van der Waals surface area (Å²) in [5, 5.41) is 2.62. The Balaban J connectivity index is 1.31. The van der Waals surface area contributed by atoms with Gasteiger partial charge in [0.25, 0.3) is 5.91 Å². The number of sulfonamides is 1. The minimum atomic E-state index is -3.76. The summed E-state index contributed by atoms with van der Waals surface area (Å²) < 4.78 is 32.6. The van der Waals surface area contributed by atoms with E-state index in [0.717, 1.165) is 32.5 Å². The van der Waals surface area contributed by atoms with E-state index in [0.29, 0.717) is 31.1 Å². The van der Waals surface area contributed by atoms with Crippen molar-refractivity contribution in [2.45, 2.75) is 43.8 Å². The highest BCUT2D eigenvalue weighted by Gasteiger charge is 2.30. The van der Waals surface area contributed by atoms with Gasteiger partial charge in [-0.1, -0.05) is 0 Å². The summed E-state index contributed by atoms with van der Waals surface area (Å²) in [4.78, 5) is 29.0. The molecule has 3 fully saturated rings. The number of likely N-dealkylation sites (tertiary alicyclic amines) is 1. The smallest absolute Gasteiger partial charge is 0.253 e. The number of ether oxygens (including phenoxy) is 1. The SMILES string of the molecule is CC1CN(CC2CCN(C(=O)c3ccc(S(=O)(=O)N4CCNC(=O)C4)cc3)CC2)CC(C)O1. The van der Waals surface area contributed by atoms with E-state index in [2.05, 4.69) is 24.1 Å². The Morgan fingerprint density at radius 2 is 1.70 bits per heavy atom. The second kappa shape index (κ2) is 10.1. The van der Waals surface area contributed by atoms with E-state index < -0.39 is 10.0 Å². The summed E-state index contributed by atoms with van der Waals surface area (Å²) in [5.41, 5.74) is 0.486. The van der Waals surface area contributed by atoms with Gasteiger partial charge in [0.1, 0.15) is 0 Å². The third-order valence-electron chi connectivity index (χ3n) is 6.66. The molecule has 0 saturated carbocycles. The van der Waals surface area contributed by atoms with Gasteiger partial charge in [-0.05, 0) is 56.9 Å². The molecule has 0 aromatic heterocycles. The molecule has 3 aliphatic heterocycles. The molecule has 0 radical (unpaired) electrons. The van der Waals surface area contributed by atoms with Crippen molar-refractivity contribution in [3.05, 3.63) is 29.8 Å². The Morgan fingerprint density at radius 1 is 1.06 bits per heavy atom. The van der Waals surface area contributed by atoms with Crippen molar-refractivity contribution in [2.24, 2.45) is 5.92 Å². The minimum absolute atomic E-state index is 0.0663. The van der Waals surface area contributed by atoms with Crippen molar-refractivity contribution in [3.63, 3.8) is 0 Å². The van der Waals surface area contributed by atoms with E-state index in [-0.39, 0.29) is 42.0 Å². The highest BCUT2D eigenvalue weighted by Crippen LogP contribution is 2.23. The zero-order chi connectivity index (χ0) is 23.6. The van der Waals surface area contributed by atoms with Crippen LogP contribution in [0.1, 0.15) is 37.0 Å². The lowest BCUT2D eigenvalue weighted by atomic mass is 9.95.